The van der Waals surface area contributed by atoms with Crippen LogP contribution in [0.15, 0.2) is 59.8 Å². The van der Waals surface area contributed by atoms with E-state index in [0.717, 1.165) is 5.69 Å². The number of anilines is 1. The van der Waals surface area contributed by atoms with Gasteiger partial charge in [-0.1, -0.05) is 11.6 Å². The number of imidazole rings is 1. The second-order valence-corrected chi connectivity index (χ2v) is 9.00. The summed E-state index contributed by atoms with van der Waals surface area (Å²) in [4.78, 5) is 35.1. The molecule has 1 amide bonds. The lowest BCUT2D eigenvalue weighted by atomic mass is 10.0. The molecule has 4 aromatic heterocycles. The molecule has 0 unspecified atom stereocenters. The Morgan fingerprint density at radius 2 is 2.05 bits per heavy atom. The van der Waals surface area contributed by atoms with E-state index in [1.807, 2.05) is 6.07 Å². The SMILES string of the molecule is O=C(O)Nc1ccc(-c2[nH]c([C@@H]3CCc4cc(-c5cc(Cl)ccc5-n5cnnn5)cc(=O)n43)nc2F)cn1. The molecule has 0 spiro atoms. The van der Waals surface area contributed by atoms with Crippen molar-refractivity contribution in [1.82, 2.24) is 39.7 Å². The summed E-state index contributed by atoms with van der Waals surface area (Å²) in [5.41, 5.74) is 2.98. The number of hydrogen-bond acceptors (Lipinski definition) is 7. The van der Waals surface area contributed by atoms with Crippen molar-refractivity contribution in [1.29, 1.82) is 0 Å². The number of carboxylic acid groups (broad SMARTS) is 1. The number of pyridine rings is 2. The molecule has 1 aromatic carbocycles. The minimum absolute atomic E-state index is 0.0949. The number of H-pyrrole nitrogens is 1. The molecule has 0 radical (unpaired) electrons. The highest BCUT2D eigenvalue weighted by atomic mass is 35.5. The molecule has 190 valence electrons. The number of rotatable bonds is 5. The summed E-state index contributed by atoms with van der Waals surface area (Å²) < 4.78 is 17.9. The number of halogens is 2. The third kappa shape index (κ3) is 4.18. The van der Waals surface area contributed by atoms with Crippen molar-refractivity contribution in [2.45, 2.75) is 18.9 Å². The fourth-order valence-electron chi connectivity index (χ4n) is 4.66. The Morgan fingerprint density at radius 3 is 2.79 bits per heavy atom. The maximum absolute atomic E-state index is 14.8. The molecule has 5 heterocycles. The van der Waals surface area contributed by atoms with E-state index in [9.17, 15) is 14.0 Å². The van der Waals surface area contributed by atoms with Gasteiger partial charge in [0, 0.05) is 34.1 Å². The fourth-order valence-corrected chi connectivity index (χ4v) is 4.84. The molecule has 6 rings (SSSR count). The normalized spacial score (nSPS) is 14.4. The van der Waals surface area contributed by atoms with E-state index in [4.69, 9.17) is 16.7 Å². The summed E-state index contributed by atoms with van der Waals surface area (Å²) in [6.45, 7) is 0. The molecule has 5 aromatic rings. The van der Waals surface area contributed by atoms with Crippen LogP contribution in [-0.2, 0) is 6.42 Å². The Bertz CT molecular complexity index is 1730. The summed E-state index contributed by atoms with van der Waals surface area (Å²) in [7, 11) is 0. The molecule has 1 atom stereocenters. The van der Waals surface area contributed by atoms with E-state index in [0.29, 0.717) is 46.1 Å². The van der Waals surface area contributed by atoms with Crippen LogP contribution in [0, 0.1) is 5.95 Å². The molecular formula is C24H17ClFN9O3. The van der Waals surface area contributed by atoms with Crippen molar-refractivity contribution in [2.75, 3.05) is 5.32 Å². The highest BCUT2D eigenvalue weighted by Crippen LogP contribution is 2.35. The predicted molar refractivity (Wildman–Crippen MR) is 134 cm³/mol. The Balaban J connectivity index is 1.35. The first-order valence-corrected chi connectivity index (χ1v) is 11.8. The second-order valence-electron chi connectivity index (χ2n) is 8.56. The molecule has 14 heteroatoms. The van der Waals surface area contributed by atoms with Crippen molar-refractivity contribution in [2.24, 2.45) is 0 Å². The number of tetrazole rings is 1. The zero-order valence-electron chi connectivity index (χ0n) is 19.3. The first kappa shape index (κ1) is 23.5. The fraction of sp³-hybridized carbons (Fsp3) is 0.125. The lowest BCUT2D eigenvalue weighted by Crippen LogP contribution is -2.24. The number of aryl methyl sites for hydroxylation is 1. The van der Waals surface area contributed by atoms with E-state index in [-0.39, 0.29) is 17.1 Å². The van der Waals surface area contributed by atoms with Crippen LogP contribution in [0.25, 0.3) is 28.1 Å². The molecule has 0 fully saturated rings. The molecule has 1 aliphatic rings. The number of carbonyl (C=O) groups is 1. The first-order chi connectivity index (χ1) is 18.4. The summed E-state index contributed by atoms with van der Waals surface area (Å²) >= 11 is 6.26. The van der Waals surface area contributed by atoms with E-state index < -0.39 is 18.1 Å². The zero-order valence-corrected chi connectivity index (χ0v) is 20.1. The largest absolute Gasteiger partial charge is 0.465 e. The number of amides is 1. The Labute approximate surface area is 217 Å². The third-order valence-corrected chi connectivity index (χ3v) is 6.51. The third-order valence-electron chi connectivity index (χ3n) is 6.28. The summed E-state index contributed by atoms with van der Waals surface area (Å²) in [5.74, 6) is -0.337. The number of benzene rings is 1. The standard InChI is InChI=1S/C24H17ClFN9O3/c25-14-2-4-17(34-11-28-32-33-34)16(9-14)13-7-15-3-5-18(35(15)20(36)8-13)23-30-21(22(26)31-23)12-1-6-19(27-10-12)29-24(37)38/h1-2,4,6-11,18H,3,5H2,(H,27,29)(H,30,31)(H,37,38)/t18-/m0/s1. The van der Waals surface area contributed by atoms with E-state index in [2.05, 4.69) is 35.8 Å². The average molecular weight is 534 g/mol. The van der Waals surface area contributed by atoms with Gasteiger partial charge in [0.15, 0.2) is 0 Å². The van der Waals surface area contributed by atoms with Gasteiger partial charge >= 0.3 is 6.09 Å². The molecular weight excluding hydrogens is 517 g/mol. The molecule has 0 saturated carbocycles. The Kier molecular flexibility index (Phi) is 5.68. The lowest BCUT2D eigenvalue weighted by Gasteiger charge is -2.15. The molecule has 1 aliphatic heterocycles. The molecule has 38 heavy (non-hydrogen) atoms. The molecule has 0 bridgehead atoms. The van der Waals surface area contributed by atoms with Crippen molar-refractivity contribution in [3.63, 3.8) is 0 Å². The Hall–Kier alpha value is -4.91. The average Bonchev–Trinajstić information content (AvgIpc) is 3.64. The van der Waals surface area contributed by atoms with Crippen LogP contribution >= 0.6 is 11.6 Å². The summed E-state index contributed by atoms with van der Waals surface area (Å²) in [5, 5.41) is 22.7. The number of hydrogen-bond donors (Lipinski definition) is 3. The molecule has 0 aliphatic carbocycles. The second kappa shape index (κ2) is 9.19. The Morgan fingerprint density at radius 1 is 1.18 bits per heavy atom. The van der Waals surface area contributed by atoms with Crippen LogP contribution in [0.5, 0.6) is 0 Å². The summed E-state index contributed by atoms with van der Waals surface area (Å²) in [6, 6.07) is 11.1. The number of aromatic nitrogens is 8. The van der Waals surface area contributed by atoms with Gasteiger partial charge in [0.2, 0.25) is 5.95 Å². The van der Waals surface area contributed by atoms with Gasteiger partial charge in [0.05, 0.1) is 11.7 Å². The quantitative estimate of drug-likeness (QED) is 0.309. The van der Waals surface area contributed by atoms with Crippen LogP contribution in [0.3, 0.4) is 0 Å². The first-order valence-electron chi connectivity index (χ1n) is 11.4. The smallest absolute Gasteiger partial charge is 0.410 e. The topological polar surface area (TPSA) is 156 Å². The maximum atomic E-state index is 14.8. The van der Waals surface area contributed by atoms with Crippen LogP contribution in [0.2, 0.25) is 5.02 Å². The van der Waals surface area contributed by atoms with Gasteiger partial charge in [-0.3, -0.25) is 10.1 Å². The molecule has 3 N–H and O–H groups in total. The minimum Gasteiger partial charge on any atom is -0.465 e. The maximum Gasteiger partial charge on any atom is 0.410 e. The van der Waals surface area contributed by atoms with Gasteiger partial charge in [-0.15, -0.1) is 5.10 Å². The van der Waals surface area contributed by atoms with Gasteiger partial charge in [-0.2, -0.15) is 9.07 Å². The van der Waals surface area contributed by atoms with E-state index in [1.165, 1.54) is 35.4 Å². The number of aromatic amines is 1. The van der Waals surface area contributed by atoms with Crippen molar-refractivity contribution in [3.05, 3.63) is 87.8 Å². The highest BCUT2D eigenvalue weighted by Gasteiger charge is 2.29. The summed E-state index contributed by atoms with van der Waals surface area (Å²) in [6.07, 6.45) is 2.65. The van der Waals surface area contributed by atoms with Gasteiger partial charge in [-0.05, 0) is 65.2 Å². The molecule has 12 nitrogen and oxygen atoms in total. The zero-order chi connectivity index (χ0) is 26.4. The van der Waals surface area contributed by atoms with Crippen LogP contribution < -0.4 is 10.9 Å². The van der Waals surface area contributed by atoms with Crippen LogP contribution in [0.4, 0.5) is 15.0 Å². The van der Waals surface area contributed by atoms with E-state index >= 15 is 0 Å². The number of nitrogens with zero attached hydrogens (tertiary/aromatic N) is 7. The van der Waals surface area contributed by atoms with Gasteiger partial charge < -0.3 is 14.7 Å². The minimum atomic E-state index is -1.25. The van der Waals surface area contributed by atoms with Crippen molar-refractivity contribution >= 4 is 23.5 Å². The predicted octanol–water partition coefficient (Wildman–Crippen LogP) is 3.69. The monoisotopic (exact) mass is 533 g/mol. The lowest BCUT2D eigenvalue weighted by molar-refractivity contribution is 0.209. The van der Waals surface area contributed by atoms with Gasteiger partial charge in [0.1, 0.15) is 23.7 Å². The number of fused-ring (bicyclic) bond motifs is 1. The van der Waals surface area contributed by atoms with Crippen LogP contribution in [0.1, 0.15) is 24.0 Å². The van der Waals surface area contributed by atoms with Gasteiger partial charge in [0.25, 0.3) is 5.56 Å². The van der Waals surface area contributed by atoms with E-state index in [1.54, 1.807) is 22.8 Å². The molecule has 0 saturated heterocycles. The van der Waals surface area contributed by atoms with Crippen LogP contribution in [-0.4, -0.2) is 50.9 Å². The number of nitrogens with one attached hydrogen (secondary N) is 2. The van der Waals surface area contributed by atoms with Crippen molar-refractivity contribution < 1.29 is 14.3 Å². The highest BCUT2D eigenvalue weighted by molar-refractivity contribution is 6.31. The van der Waals surface area contributed by atoms with Gasteiger partial charge in [-0.25, -0.2) is 14.8 Å². The van der Waals surface area contributed by atoms with Crippen molar-refractivity contribution in [3.8, 4) is 28.1 Å².